The van der Waals surface area contributed by atoms with Gasteiger partial charge in [0.1, 0.15) is 15.7 Å². The van der Waals surface area contributed by atoms with Crippen LogP contribution < -0.4 is 16.3 Å². The van der Waals surface area contributed by atoms with Crippen LogP contribution in [0.2, 0.25) is 0 Å². The minimum Gasteiger partial charge on any atom is -0.358 e. The molecule has 3 aromatic rings. The molecule has 0 unspecified atom stereocenters. The third-order valence-electron chi connectivity index (χ3n) is 3.34. The molecule has 7 nitrogen and oxygen atoms in total. The predicted octanol–water partition coefficient (Wildman–Crippen LogP) is 2.22. The zero-order valence-electron chi connectivity index (χ0n) is 14.2. The molecule has 27 heavy (non-hydrogen) atoms. The maximum Gasteiger partial charge on any atom is 0.267 e. The first-order chi connectivity index (χ1) is 13.2. The summed E-state index contributed by atoms with van der Waals surface area (Å²) in [5.41, 5.74) is 3.34. The van der Waals surface area contributed by atoms with Gasteiger partial charge in [-0.15, -0.1) is 6.58 Å². The van der Waals surface area contributed by atoms with Gasteiger partial charge in [-0.2, -0.15) is 5.10 Å². The van der Waals surface area contributed by atoms with E-state index in [-0.39, 0.29) is 5.56 Å². The highest BCUT2D eigenvalue weighted by molar-refractivity contribution is 7.99. The van der Waals surface area contributed by atoms with Crippen molar-refractivity contribution in [3.63, 3.8) is 0 Å². The number of hydrogen-bond donors (Lipinski definition) is 2. The Kier molecular flexibility index (Phi) is 6.29. The summed E-state index contributed by atoms with van der Waals surface area (Å²) >= 11 is 6.38. The largest absolute Gasteiger partial charge is 0.358 e. The van der Waals surface area contributed by atoms with Crippen LogP contribution in [0.3, 0.4) is 0 Å². The van der Waals surface area contributed by atoms with Crippen LogP contribution >= 0.6 is 24.0 Å². The molecule has 9 heteroatoms. The van der Waals surface area contributed by atoms with Crippen LogP contribution in [-0.2, 0) is 0 Å². The number of hydrogen-bond acceptors (Lipinski definition) is 6. The summed E-state index contributed by atoms with van der Waals surface area (Å²) in [6.45, 7) is 4.12. The van der Waals surface area contributed by atoms with Gasteiger partial charge in [0.15, 0.2) is 5.11 Å². The molecule has 0 bridgehead atoms. The molecule has 3 heterocycles. The summed E-state index contributed by atoms with van der Waals surface area (Å²) in [4.78, 5) is 21.8. The van der Waals surface area contributed by atoms with Gasteiger partial charge in [-0.25, -0.2) is 9.97 Å². The van der Waals surface area contributed by atoms with Gasteiger partial charge >= 0.3 is 0 Å². The van der Waals surface area contributed by atoms with Gasteiger partial charge in [-0.05, 0) is 48.2 Å². The Labute approximate surface area is 165 Å². The number of nitrogens with zero attached hydrogens (tertiary/aromatic N) is 4. The average molecular weight is 397 g/mol. The van der Waals surface area contributed by atoms with Crippen LogP contribution in [0.25, 0.3) is 5.65 Å². The van der Waals surface area contributed by atoms with E-state index in [1.807, 2.05) is 24.3 Å². The third kappa shape index (κ3) is 4.78. The number of pyridine rings is 2. The summed E-state index contributed by atoms with van der Waals surface area (Å²) in [6.07, 6.45) is 6.46. The normalized spacial score (nSPS) is 10.8. The smallest absolute Gasteiger partial charge is 0.267 e. The predicted molar refractivity (Wildman–Crippen MR) is 111 cm³/mol. The van der Waals surface area contributed by atoms with Gasteiger partial charge < -0.3 is 5.32 Å². The van der Waals surface area contributed by atoms with Crippen molar-refractivity contribution < 1.29 is 0 Å². The summed E-state index contributed by atoms with van der Waals surface area (Å²) in [5, 5.41) is 8.53. The molecular weight excluding hydrogens is 380 g/mol. The minimum absolute atomic E-state index is 0.227. The third-order valence-corrected chi connectivity index (χ3v) is 4.53. The first-order valence-electron chi connectivity index (χ1n) is 7.97. The lowest BCUT2D eigenvalue weighted by Crippen LogP contribution is -2.32. The average Bonchev–Trinajstić information content (AvgIpc) is 2.69. The van der Waals surface area contributed by atoms with Crippen molar-refractivity contribution >= 4 is 41.0 Å². The van der Waals surface area contributed by atoms with E-state index in [0.717, 1.165) is 5.03 Å². The molecule has 3 aromatic heterocycles. The first-order valence-corrected chi connectivity index (χ1v) is 9.19. The zero-order valence-corrected chi connectivity index (χ0v) is 15.8. The molecule has 0 saturated heterocycles. The summed E-state index contributed by atoms with van der Waals surface area (Å²) in [6, 6.07) is 10.9. The molecular formula is C18H16N6OS2. The Bertz CT molecular complexity index is 1050. The Morgan fingerprint density at radius 2 is 2.19 bits per heavy atom. The van der Waals surface area contributed by atoms with Gasteiger partial charge in [-0.3, -0.25) is 14.6 Å². The second-order valence-electron chi connectivity index (χ2n) is 5.20. The molecule has 2 N–H and O–H groups in total. The van der Waals surface area contributed by atoms with E-state index in [9.17, 15) is 4.79 Å². The molecule has 0 radical (unpaired) electrons. The van der Waals surface area contributed by atoms with Gasteiger partial charge in [0.05, 0.1) is 11.8 Å². The fourth-order valence-electron chi connectivity index (χ4n) is 2.14. The molecule has 0 aromatic carbocycles. The van der Waals surface area contributed by atoms with E-state index >= 15 is 0 Å². The number of nitrogens with one attached hydrogen (secondary N) is 2. The SMILES string of the molecule is C=CCNC(=S)N/N=C\c1c(Sc2ccccn2)nc2ccccn2c1=O. The number of fused-ring (bicyclic) bond motifs is 1. The Morgan fingerprint density at radius 3 is 2.96 bits per heavy atom. The second kappa shape index (κ2) is 9.06. The Morgan fingerprint density at radius 1 is 1.33 bits per heavy atom. The lowest BCUT2D eigenvalue weighted by atomic mass is 10.3. The quantitative estimate of drug-likeness (QED) is 0.217. The molecule has 136 valence electrons. The summed E-state index contributed by atoms with van der Waals surface area (Å²) in [5.74, 6) is 0. The van der Waals surface area contributed by atoms with Crippen molar-refractivity contribution in [2.45, 2.75) is 10.1 Å². The van der Waals surface area contributed by atoms with Crippen molar-refractivity contribution in [2.75, 3.05) is 6.54 Å². The molecule has 0 atom stereocenters. The van der Waals surface area contributed by atoms with Gasteiger partial charge in [-0.1, -0.05) is 18.2 Å². The molecule has 0 fully saturated rings. The van der Waals surface area contributed by atoms with E-state index < -0.39 is 0 Å². The van der Waals surface area contributed by atoms with Crippen LogP contribution in [0.5, 0.6) is 0 Å². The van der Waals surface area contributed by atoms with Gasteiger partial charge in [0.25, 0.3) is 5.56 Å². The molecule has 0 aliphatic heterocycles. The van der Waals surface area contributed by atoms with Crippen LogP contribution in [-0.4, -0.2) is 32.2 Å². The van der Waals surface area contributed by atoms with Gasteiger partial charge in [0, 0.05) is 18.9 Å². The van der Waals surface area contributed by atoms with E-state index in [1.54, 1.807) is 30.6 Å². The Balaban J connectivity index is 1.96. The van der Waals surface area contributed by atoms with Crippen LogP contribution in [0.15, 0.2) is 81.4 Å². The summed E-state index contributed by atoms with van der Waals surface area (Å²) in [7, 11) is 0. The molecule has 0 aliphatic rings. The molecule has 0 amide bonds. The highest BCUT2D eigenvalue weighted by Crippen LogP contribution is 2.25. The van der Waals surface area contributed by atoms with Crippen LogP contribution in [0.1, 0.15) is 5.56 Å². The maximum atomic E-state index is 12.9. The zero-order chi connectivity index (χ0) is 19.1. The summed E-state index contributed by atoms with van der Waals surface area (Å²) < 4.78 is 1.47. The molecule has 0 aliphatic carbocycles. The molecule has 3 rings (SSSR count). The fraction of sp³-hybridized carbons (Fsp3) is 0.0556. The number of rotatable bonds is 6. The van der Waals surface area contributed by atoms with E-state index in [1.165, 1.54) is 22.4 Å². The van der Waals surface area contributed by atoms with Crippen LogP contribution in [0, 0.1) is 0 Å². The number of aromatic nitrogens is 3. The minimum atomic E-state index is -0.227. The Hall–Kier alpha value is -3.04. The molecule has 0 saturated carbocycles. The topological polar surface area (TPSA) is 83.7 Å². The van der Waals surface area contributed by atoms with E-state index in [4.69, 9.17) is 12.2 Å². The first kappa shape index (κ1) is 18.7. The molecule has 0 spiro atoms. The number of hydrazone groups is 1. The standard InChI is InChI=1S/C18H16N6OS2/c1-2-9-20-18(26)23-21-12-13-16(27-15-8-3-5-10-19-15)22-14-7-4-6-11-24(14)17(13)25/h2-8,10-12H,1,9H2,(H2,20,23,26)/b21-12-. The fourth-order valence-corrected chi connectivity index (χ4v) is 3.12. The van der Waals surface area contributed by atoms with E-state index in [0.29, 0.717) is 27.9 Å². The highest BCUT2D eigenvalue weighted by Gasteiger charge is 2.13. The lowest BCUT2D eigenvalue weighted by molar-refractivity contribution is 0.934. The highest BCUT2D eigenvalue weighted by atomic mass is 32.2. The second-order valence-corrected chi connectivity index (χ2v) is 6.62. The van der Waals surface area contributed by atoms with Crippen molar-refractivity contribution in [1.82, 2.24) is 25.1 Å². The monoisotopic (exact) mass is 396 g/mol. The number of thiocarbonyl (C=S) groups is 1. The lowest BCUT2D eigenvalue weighted by Gasteiger charge is -2.08. The maximum absolute atomic E-state index is 12.9. The van der Waals surface area contributed by atoms with Crippen molar-refractivity contribution in [3.05, 3.63) is 77.4 Å². The van der Waals surface area contributed by atoms with Crippen molar-refractivity contribution in [1.29, 1.82) is 0 Å². The van der Waals surface area contributed by atoms with Crippen LogP contribution in [0.4, 0.5) is 0 Å². The van der Waals surface area contributed by atoms with Gasteiger partial charge in [0.2, 0.25) is 0 Å². The van der Waals surface area contributed by atoms with Crippen molar-refractivity contribution in [2.24, 2.45) is 5.10 Å². The van der Waals surface area contributed by atoms with E-state index in [2.05, 4.69) is 32.4 Å². The van der Waals surface area contributed by atoms with Crippen molar-refractivity contribution in [3.8, 4) is 0 Å².